The third kappa shape index (κ3) is 9.55. The van der Waals surface area contributed by atoms with E-state index in [-0.39, 0.29) is 24.4 Å². The van der Waals surface area contributed by atoms with Crippen LogP contribution in [0.5, 0.6) is 5.75 Å². The molecule has 31 heavy (non-hydrogen) atoms. The van der Waals surface area contributed by atoms with Crippen molar-refractivity contribution in [1.82, 2.24) is 5.32 Å². The number of unbranched alkanes of at least 4 members (excludes halogenated alkanes) is 4. The molecule has 0 radical (unpaired) electrons. The smallest absolute Gasteiger partial charge is 0.251 e. The van der Waals surface area contributed by atoms with Crippen LogP contribution < -0.4 is 20.7 Å². The summed E-state index contributed by atoms with van der Waals surface area (Å²) in [6, 6.07) is 14.6. The molecule has 0 aliphatic carbocycles. The number of carbonyl (C=O) groups excluding carboxylic acids is 2. The minimum absolute atomic E-state index is 0.0765. The Bertz CT molecular complexity index is 819. The zero-order chi connectivity index (χ0) is 22.5. The lowest BCUT2D eigenvalue weighted by Crippen LogP contribution is -2.30. The van der Waals surface area contributed by atoms with Crippen molar-refractivity contribution >= 4 is 23.2 Å². The van der Waals surface area contributed by atoms with Gasteiger partial charge >= 0.3 is 0 Å². The largest absolute Gasteiger partial charge is 0.494 e. The molecular formula is C25H35N3O3. The lowest BCUT2D eigenvalue weighted by molar-refractivity contribution is -0.114. The fourth-order valence-corrected chi connectivity index (χ4v) is 3.03. The van der Waals surface area contributed by atoms with Gasteiger partial charge in [0, 0.05) is 29.0 Å². The molecule has 0 fully saturated rings. The van der Waals surface area contributed by atoms with Crippen LogP contribution in [0.4, 0.5) is 11.4 Å². The van der Waals surface area contributed by atoms with Crippen LogP contribution in [-0.2, 0) is 4.79 Å². The zero-order valence-corrected chi connectivity index (χ0v) is 18.9. The summed E-state index contributed by atoms with van der Waals surface area (Å²) in [5, 5.41) is 8.79. The van der Waals surface area contributed by atoms with Crippen molar-refractivity contribution < 1.29 is 14.3 Å². The van der Waals surface area contributed by atoms with E-state index in [1.807, 2.05) is 38.1 Å². The topological polar surface area (TPSA) is 79.5 Å². The van der Waals surface area contributed by atoms with Crippen molar-refractivity contribution in [3.8, 4) is 5.75 Å². The molecule has 0 atom stereocenters. The highest BCUT2D eigenvalue weighted by molar-refractivity contribution is 5.96. The highest BCUT2D eigenvalue weighted by atomic mass is 16.5. The van der Waals surface area contributed by atoms with Gasteiger partial charge in [-0.05, 0) is 56.7 Å². The van der Waals surface area contributed by atoms with E-state index < -0.39 is 0 Å². The molecular weight excluding hydrogens is 390 g/mol. The van der Waals surface area contributed by atoms with Gasteiger partial charge < -0.3 is 20.7 Å². The third-order valence-electron chi connectivity index (χ3n) is 4.65. The van der Waals surface area contributed by atoms with Crippen LogP contribution in [0, 0.1) is 0 Å². The van der Waals surface area contributed by atoms with Gasteiger partial charge in [0.15, 0.2) is 0 Å². The van der Waals surface area contributed by atoms with E-state index in [4.69, 9.17) is 4.74 Å². The molecule has 0 heterocycles. The van der Waals surface area contributed by atoms with Crippen LogP contribution in [0.3, 0.4) is 0 Å². The van der Waals surface area contributed by atoms with Crippen LogP contribution in [-0.4, -0.2) is 31.0 Å². The van der Waals surface area contributed by atoms with E-state index >= 15 is 0 Å². The first-order valence-electron chi connectivity index (χ1n) is 11.2. The van der Waals surface area contributed by atoms with Crippen LogP contribution in [0.1, 0.15) is 63.2 Å². The number of nitrogens with one attached hydrogen (secondary N) is 3. The Kier molecular flexibility index (Phi) is 10.4. The molecule has 0 bridgehead atoms. The summed E-state index contributed by atoms with van der Waals surface area (Å²) >= 11 is 0. The highest BCUT2D eigenvalue weighted by Gasteiger charge is 2.08. The van der Waals surface area contributed by atoms with Crippen molar-refractivity contribution in [2.45, 2.75) is 58.9 Å². The average molecular weight is 426 g/mol. The van der Waals surface area contributed by atoms with E-state index in [9.17, 15) is 9.59 Å². The Balaban J connectivity index is 1.75. The predicted molar refractivity (Wildman–Crippen MR) is 127 cm³/mol. The molecule has 0 spiro atoms. The van der Waals surface area contributed by atoms with E-state index in [0.717, 1.165) is 17.9 Å². The number of hydrogen-bond donors (Lipinski definition) is 3. The molecule has 168 valence electrons. The van der Waals surface area contributed by atoms with Gasteiger partial charge in [-0.1, -0.05) is 38.7 Å². The maximum Gasteiger partial charge on any atom is 0.251 e. The second-order valence-corrected chi connectivity index (χ2v) is 7.90. The first-order valence-corrected chi connectivity index (χ1v) is 11.2. The number of benzene rings is 2. The highest BCUT2D eigenvalue weighted by Crippen LogP contribution is 2.18. The van der Waals surface area contributed by atoms with Gasteiger partial charge in [0.2, 0.25) is 5.91 Å². The summed E-state index contributed by atoms with van der Waals surface area (Å²) in [7, 11) is 0. The third-order valence-corrected chi connectivity index (χ3v) is 4.65. The molecule has 0 saturated heterocycles. The predicted octanol–water partition coefficient (Wildman–Crippen LogP) is 5.22. The second-order valence-electron chi connectivity index (χ2n) is 7.90. The number of ether oxygens (including phenoxy) is 1. The molecule has 0 aromatic heterocycles. The molecule has 0 unspecified atom stereocenters. The lowest BCUT2D eigenvalue weighted by Gasteiger charge is -2.11. The SMILES string of the molecule is CCCCCCCOc1cccc(NCC(=O)Nc2ccc(C(=O)NC(C)C)cc2)c1. The van der Waals surface area contributed by atoms with Crippen LogP contribution in [0.2, 0.25) is 0 Å². The minimum atomic E-state index is -0.165. The molecule has 2 aromatic rings. The Hall–Kier alpha value is -3.02. The maximum atomic E-state index is 12.2. The Labute approximate surface area is 185 Å². The zero-order valence-electron chi connectivity index (χ0n) is 18.9. The number of anilines is 2. The van der Waals surface area contributed by atoms with Gasteiger partial charge in [-0.3, -0.25) is 9.59 Å². The van der Waals surface area contributed by atoms with Crippen LogP contribution in [0.15, 0.2) is 48.5 Å². The number of rotatable bonds is 13. The van der Waals surface area contributed by atoms with Gasteiger partial charge in [-0.25, -0.2) is 0 Å². The van der Waals surface area contributed by atoms with Gasteiger partial charge in [0.1, 0.15) is 5.75 Å². The van der Waals surface area contributed by atoms with Gasteiger partial charge in [0.25, 0.3) is 5.91 Å². The summed E-state index contributed by atoms with van der Waals surface area (Å²) in [5.41, 5.74) is 2.04. The van der Waals surface area contributed by atoms with Crippen LogP contribution in [0.25, 0.3) is 0 Å². The first kappa shape index (κ1) is 24.3. The first-order chi connectivity index (χ1) is 15.0. The maximum absolute atomic E-state index is 12.2. The molecule has 6 heteroatoms. The Morgan fingerprint density at radius 1 is 0.935 bits per heavy atom. The van der Waals surface area contributed by atoms with Crippen molar-refractivity contribution in [2.75, 3.05) is 23.8 Å². The number of carbonyl (C=O) groups is 2. The fraction of sp³-hybridized carbons (Fsp3) is 0.440. The molecule has 6 nitrogen and oxygen atoms in total. The van der Waals surface area contributed by atoms with E-state index in [2.05, 4.69) is 22.9 Å². The monoisotopic (exact) mass is 425 g/mol. The molecule has 0 saturated carbocycles. The molecule has 2 aromatic carbocycles. The van der Waals surface area contributed by atoms with E-state index in [1.165, 1.54) is 25.7 Å². The van der Waals surface area contributed by atoms with Crippen molar-refractivity contribution in [3.63, 3.8) is 0 Å². The lowest BCUT2D eigenvalue weighted by atomic mass is 10.2. The number of amides is 2. The quantitative estimate of drug-likeness (QED) is 0.384. The summed E-state index contributed by atoms with van der Waals surface area (Å²) in [5.74, 6) is 0.510. The fourth-order valence-electron chi connectivity index (χ4n) is 3.03. The molecule has 0 aliphatic rings. The summed E-state index contributed by atoms with van der Waals surface area (Å²) in [4.78, 5) is 24.2. The van der Waals surface area contributed by atoms with Gasteiger partial charge in [-0.15, -0.1) is 0 Å². The van der Waals surface area contributed by atoms with Crippen molar-refractivity contribution in [3.05, 3.63) is 54.1 Å². The number of hydrogen-bond acceptors (Lipinski definition) is 4. The molecule has 0 aliphatic heterocycles. The standard InChI is InChI=1S/C25H35N3O3/c1-4-5-6-7-8-16-31-23-11-9-10-22(17-23)26-18-24(29)28-21-14-12-20(13-15-21)25(30)27-19(2)3/h9-15,17,19,26H,4-8,16,18H2,1-3H3,(H,27,30)(H,28,29). The normalized spacial score (nSPS) is 10.6. The Morgan fingerprint density at radius 3 is 2.39 bits per heavy atom. The molecule has 2 rings (SSSR count). The van der Waals surface area contributed by atoms with Crippen molar-refractivity contribution in [1.29, 1.82) is 0 Å². The average Bonchev–Trinajstić information content (AvgIpc) is 2.75. The summed E-state index contributed by atoms with van der Waals surface area (Å²) in [6.45, 7) is 6.88. The molecule has 2 amide bonds. The Morgan fingerprint density at radius 2 is 1.68 bits per heavy atom. The van der Waals surface area contributed by atoms with Crippen molar-refractivity contribution in [2.24, 2.45) is 0 Å². The molecule has 3 N–H and O–H groups in total. The van der Waals surface area contributed by atoms with E-state index in [1.54, 1.807) is 24.3 Å². The van der Waals surface area contributed by atoms with E-state index in [0.29, 0.717) is 17.9 Å². The summed E-state index contributed by atoms with van der Waals surface area (Å²) in [6.07, 6.45) is 6.01. The summed E-state index contributed by atoms with van der Waals surface area (Å²) < 4.78 is 5.81. The van der Waals surface area contributed by atoms with Gasteiger partial charge in [0.05, 0.1) is 13.2 Å². The van der Waals surface area contributed by atoms with Gasteiger partial charge in [-0.2, -0.15) is 0 Å². The second kappa shape index (κ2) is 13.3. The minimum Gasteiger partial charge on any atom is -0.494 e. The van der Waals surface area contributed by atoms with Crippen LogP contribution >= 0.6 is 0 Å².